The fourth-order valence-electron chi connectivity index (χ4n) is 9.60. The van der Waals surface area contributed by atoms with Gasteiger partial charge in [0.15, 0.2) is 11.9 Å². The number of benzene rings is 3. The van der Waals surface area contributed by atoms with Crippen molar-refractivity contribution in [1.29, 1.82) is 0 Å². The van der Waals surface area contributed by atoms with Gasteiger partial charge in [-0.2, -0.15) is 0 Å². The van der Waals surface area contributed by atoms with Gasteiger partial charge in [0.1, 0.15) is 22.6 Å². The zero-order valence-corrected chi connectivity index (χ0v) is 36.3. The maximum Gasteiger partial charge on any atom is 0.311 e. The molecule has 1 aliphatic carbocycles. The van der Waals surface area contributed by atoms with Crippen molar-refractivity contribution in [1.82, 2.24) is 5.32 Å². The topological polar surface area (TPSA) is 157 Å². The summed E-state index contributed by atoms with van der Waals surface area (Å²) in [5.41, 5.74) is 3.06. The van der Waals surface area contributed by atoms with E-state index >= 15 is 0 Å². The van der Waals surface area contributed by atoms with E-state index in [9.17, 15) is 14.4 Å². The molecule has 1 amide bonds. The maximum absolute atomic E-state index is 13.6. The Balaban J connectivity index is 0.894. The van der Waals surface area contributed by atoms with Gasteiger partial charge in [-0.1, -0.05) is 38.1 Å². The quantitative estimate of drug-likeness (QED) is 0.0749. The van der Waals surface area contributed by atoms with Crippen LogP contribution in [0.15, 0.2) is 82.2 Å². The lowest BCUT2D eigenvalue weighted by molar-refractivity contribution is -0.576. The van der Waals surface area contributed by atoms with Crippen LogP contribution in [-0.2, 0) is 46.7 Å². The fraction of sp³-hybridized carbons (Fsp3) is 0.500. The molecule has 2 bridgehead atoms. The summed E-state index contributed by atoms with van der Waals surface area (Å²) in [6.45, 7) is 12.5. The molecule has 8 atom stereocenters. The zero-order chi connectivity index (χ0) is 43.6. The van der Waals surface area contributed by atoms with Crippen LogP contribution in [0.5, 0.6) is 11.5 Å². The van der Waals surface area contributed by atoms with Crippen molar-refractivity contribution in [2.75, 3.05) is 25.1 Å². The molecule has 4 aliphatic heterocycles. The largest absolute Gasteiger partial charge is 0.497 e. The van der Waals surface area contributed by atoms with E-state index in [0.717, 1.165) is 60.3 Å². The van der Waals surface area contributed by atoms with Crippen molar-refractivity contribution >= 4 is 34.5 Å². The Morgan fingerprint density at radius 3 is 2.32 bits per heavy atom. The molecule has 14 heteroatoms. The van der Waals surface area contributed by atoms with Crippen LogP contribution in [0.4, 0.5) is 5.69 Å². The molecular formula is C48H57N3O11. The van der Waals surface area contributed by atoms with Gasteiger partial charge in [0.05, 0.1) is 26.5 Å². The number of carbonyl (C=O) groups excluding carboxylic acids is 3. The van der Waals surface area contributed by atoms with Crippen LogP contribution in [0.2, 0.25) is 0 Å². The monoisotopic (exact) mass is 851 g/mol. The van der Waals surface area contributed by atoms with Crippen LogP contribution in [0.3, 0.4) is 0 Å². The molecule has 14 nitrogen and oxygen atoms in total. The lowest BCUT2D eigenvalue weighted by Gasteiger charge is -2.59. The minimum absolute atomic E-state index is 0.00806. The van der Waals surface area contributed by atoms with Crippen molar-refractivity contribution in [3.8, 4) is 11.5 Å². The second-order valence-electron chi connectivity index (χ2n) is 17.1. The molecule has 1 N–H and O–H groups in total. The average Bonchev–Trinajstić information content (AvgIpc) is 3.52. The number of nitrogens with one attached hydrogen (secondary N) is 1. The van der Waals surface area contributed by atoms with Gasteiger partial charge >= 0.3 is 11.9 Å². The smallest absolute Gasteiger partial charge is 0.311 e. The van der Waals surface area contributed by atoms with Crippen LogP contribution in [-0.4, -0.2) is 62.0 Å². The number of esters is 2. The first-order valence-electron chi connectivity index (χ1n) is 21.9. The molecule has 0 radical (unpaired) electrons. The molecule has 3 aromatic carbocycles. The average molecular weight is 852 g/mol. The van der Waals surface area contributed by atoms with E-state index in [0.29, 0.717) is 35.8 Å². The van der Waals surface area contributed by atoms with Crippen molar-refractivity contribution in [2.45, 2.75) is 110 Å². The van der Waals surface area contributed by atoms with Crippen LogP contribution < -0.4 is 25.2 Å². The van der Waals surface area contributed by atoms with E-state index < -0.39 is 35.9 Å². The van der Waals surface area contributed by atoms with Crippen LogP contribution >= 0.6 is 0 Å². The van der Waals surface area contributed by atoms with Gasteiger partial charge in [-0.25, -0.2) is 14.8 Å². The van der Waals surface area contributed by atoms with Gasteiger partial charge in [0, 0.05) is 55.0 Å². The number of rotatable bonds is 14. The van der Waals surface area contributed by atoms with Crippen LogP contribution in [0.1, 0.15) is 94.6 Å². The molecule has 1 aromatic heterocycles. The van der Waals surface area contributed by atoms with Crippen molar-refractivity contribution < 1.29 is 52.3 Å². The Bertz CT molecular complexity index is 2330. The Morgan fingerprint density at radius 2 is 1.58 bits per heavy atom. The predicted molar refractivity (Wildman–Crippen MR) is 227 cm³/mol. The number of hydrogen-bond donors (Lipinski definition) is 1. The summed E-state index contributed by atoms with van der Waals surface area (Å²) in [4.78, 5) is 58.6. The summed E-state index contributed by atoms with van der Waals surface area (Å²) >= 11 is 0. The highest BCUT2D eigenvalue weighted by Gasteiger charge is 2.69. The highest BCUT2D eigenvalue weighted by molar-refractivity contribution is 5.97. The molecule has 330 valence electrons. The molecule has 3 unspecified atom stereocenters. The van der Waals surface area contributed by atoms with E-state index in [2.05, 4.69) is 31.0 Å². The third-order valence-corrected chi connectivity index (χ3v) is 13.2. The van der Waals surface area contributed by atoms with E-state index in [1.54, 1.807) is 37.4 Å². The molecular weight excluding hydrogens is 795 g/mol. The fourth-order valence-corrected chi connectivity index (χ4v) is 9.60. The molecule has 1 spiro atoms. The normalized spacial score (nSPS) is 27.8. The molecule has 1 saturated carbocycles. The number of hydrogen-bond acceptors (Lipinski definition) is 13. The number of anilines is 1. The molecule has 5 aliphatic rings. The molecule has 62 heavy (non-hydrogen) atoms. The van der Waals surface area contributed by atoms with Gasteiger partial charge in [-0.05, 0) is 105 Å². The van der Waals surface area contributed by atoms with Gasteiger partial charge in [0.25, 0.3) is 5.91 Å². The summed E-state index contributed by atoms with van der Waals surface area (Å²) in [6, 6.07) is 22.1. The number of methoxy groups -OCH3 is 1. The van der Waals surface area contributed by atoms with Gasteiger partial charge in [0.2, 0.25) is 17.6 Å². The third-order valence-electron chi connectivity index (χ3n) is 13.2. The van der Waals surface area contributed by atoms with Crippen LogP contribution in [0.25, 0.3) is 11.0 Å². The molecule has 4 saturated heterocycles. The Morgan fingerprint density at radius 1 is 0.855 bits per heavy atom. The predicted octanol–water partition coefficient (Wildman–Crippen LogP) is 7.76. The Kier molecular flexibility index (Phi) is 12.7. The minimum atomic E-state index is -0.937. The van der Waals surface area contributed by atoms with Crippen molar-refractivity contribution in [3.05, 3.63) is 95.0 Å². The highest BCUT2D eigenvalue weighted by Crippen LogP contribution is 2.60. The van der Waals surface area contributed by atoms with Gasteiger partial charge in [-0.15, -0.1) is 0 Å². The molecule has 4 aromatic rings. The lowest BCUT2D eigenvalue weighted by Crippen LogP contribution is -2.70. The minimum Gasteiger partial charge on any atom is -0.497 e. The second-order valence-corrected chi connectivity index (χ2v) is 17.1. The Hall–Kier alpha value is -5.28. The summed E-state index contributed by atoms with van der Waals surface area (Å²) < 4.78 is 35.7. The SMILES string of the molecule is CCN(CC)c1ccc2cc(C(=O)NCc3ccc(OC)cc3)c(=NCc3ccc(OC(=O)CCC(=O)O[C@@H]4O[C@@H]5OC6(C)CCC7[C@H](C)CC[C@@H]([C@H]4C)C75OO6)cc3)oc2c1. The lowest BCUT2D eigenvalue weighted by atomic mass is 9.58. The number of amides is 1. The van der Waals surface area contributed by atoms with E-state index in [1.165, 1.54) is 0 Å². The van der Waals surface area contributed by atoms with E-state index in [1.807, 2.05) is 56.3 Å². The summed E-state index contributed by atoms with van der Waals surface area (Å²) in [5, 5.41) is 3.77. The van der Waals surface area contributed by atoms with Gasteiger partial charge < -0.3 is 38.3 Å². The van der Waals surface area contributed by atoms with Crippen LogP contribution in [0, 0.1) is 23.7 Å². The summed E-state index contributed by atoms with van der Waals surface area (Å²) in [7, 11) is 1.61. The summed E-state index contributed by atoms with van der Waals surface area (Å²) in [6.07, 6.45) is 1.54. The molecule has 5 heterocycles. The first-order chi connectivity index (χ1) is 29.9. The van der Waals surface area contributed by atoms with E-state index in [-0.39, 0.29) is 48.6 Å². The molecule has 9 rings (SSSR count). The van der Waals surface area contributed by atoms with Gasteiger partial charge in [-0.3, -0.25) is 14.4 Å². The highest BCUT2D eigenvalue weighted by atomic mass is 17.3. The standard InChI is InChI=1S/C48H57N3O11/c1-7-51(8-2)34-15-14-33-25-37(43(54)49-27-31-10-16-35(55-6)17-11-31)44(57-40(33)26-34)50-28-32-12-18-36(19-13-32)56-41(52)21-22-42(53)58-45-30(4)39-20-9-29(3)38-23-24-47(5)60-46(59-45)48(38,39)62-61-47/h10-19,25-26,29-30,38-39,45-46H,7-9,20-24,27-28H2,1-6H3,(H,49,54)/t29-,30-,38?,39+,45-,46-,47?,48?/m1/s1. The molecule has 5 fully saturated rings. The van der Waals surface area contributed by atoms with E-state index in [4.69, 9.17) is 42.9 Å². The van der Waals surface area contributed by atoms with Crippen molar-refractivity contribution in [2.24, 2.45) is 28.7 Å². The third kappa shape index (κ3) is 8.83. The number of carbonyl (C=O) groups is 3. The maximum atomic E-state index is 13.6. The number of fused-ring (bicyclic) bond motifs is 3. The zero-order valence-electron chi connectivity index (χ0n) is 36.3. The number of nitrogens with zero attached hydrogens (tertiary/aromatic N) is 2. The van der Waals surface area contributed by atoms with Crippen molar-refractivity contribution in [3.63, 3.8) is 0 Å². The first kappa shape index (κ1) is 43.4. The first-order valence-corrected chi connectivity index (χ1v) is 21.9. The Labute approximate surface area is 361 Å². The summed E-state index contributed by atoms with van der Waals surface area (Å²) in [5.74, 6) is -0.909. The second kappa shape index (κ2) is 18.2. The number of ether oxygens (including phenoxy) is 5.